The van der Waals surface area contributed by atoms with E-state index in [9.17, 15) is 8.42 Å². The van der Waals surface area contributed by atoms with Gasteiger partial charge in [-0.2, -0.15) is 5.10 Å². The van der Waals surface area contributed by atoms with Crippen molar-refractivity contribution in [2.45, 2.75) is 18.4 Å². The van der Waals surface area contributed by atoms with Crippen LogP contribution in [-0.2, 0) is 16.6 Å². The Morgan fingerprint density at radius 2 is 2.21 bits per heavy atom. The minimum Gasteiger partial charge on any atom is -0.271 e. The van der Waals surface area contributed by atoms with Crippen molar-refractivity contribution >= 4 is 26.0 Å². The minimum absolute atomic E-state index is 0.272. The summed E-state index contributed by atoms with van der Waals surface area (Å²) in [7, 11) is -3.46. The quantitative estimate of drug-likeness (QED) is 0.902. The Morgan fingerprint density at radius 1 is 1.42 bits per heavy atom. The first-order valence-electron chi connectivity index (χ1n) is 5.72. The van der Waals surface area contributed by atoms with E-state index in [-0.39, 0.29) is 4.90 Å². The Morgan fingerprint density at radius 3 is 2.84 bits per heavy atom. The number of aryl methyl sites for hydroxylation is 1. The largest absolute Gasteiger partial charge is 0.271 e. The molecule has 2 aromatic rings. The summed E-state index contributed by atoms with van der Waals surface area (Å²) in [6.07, 6.45) is 3.45. The minimum atomic E-state index is -3.46. The molecule has 7 heteroatoms. The van der Waals surface area contributed by atoms with E-state index in [1.54, 1.807) is 41.3 Å². The molecule has 0 unspecified atom stereocenters. The van der Waals surface area contributed by atoms with Crippen molar-refractivity contribution in [2.75, 3.05) is 6.54 Å². The molecular formula is C12H14BrN3O2S. The van der Waals surface area contributed by atoms with Crippen molar-refractivity contribution < 1.29 is 8.42 Å². The number of rotatable bonds is 5. The second-order valence-electron chi connectivity index (χ2n) is 4.08. The van der Waals surface area contributed by atoms with Gasteiger partial charge in [0.2, 0.25) is 10.0 Å². The fourth-order valence-corrected chi connectivity index (χ4v) is 2.95. The topological polar surface area (TPSA) is 64.0 Å². The molecule has 0 saturated heterocycles. The SMILES string of the molecule is Cc1cc(S(=O)(=O)NCCn2cccn2)ccc1Br. The van der Waals surface area contributed by atoms with Crippen molar-refractivity contribution in [1.82, 2.24) is 14.5 Å². The average Bonchev–Trinajstić information content (AvgIpc) is 2.85. The zero-order valence-corrected chi connectivity index (χ0v) is 12.8. The van der Waals surface area contributed by atoms with Gasteiger partial charge in [0, 0.05) is 23.4 Å². The molecule has 0 saturated carbocycles. The van der Waals surface area contributed by atoms with E-state index in [2.05, 4.69) is 25.8 Å². The van der Waals surface area contributed by atoms with Gasteiger partial charge in [-0.3, -0.25) is 4.68 Å². The second-order valence-corrected chi connectivity index (χ2v) is 6.70. The molecule has 102 valence electrons. The first-order chi connectivity index (χ1) is 8.99. The van der Waals surface area contributed by atoms with Crippen LogP contribution in [0.1, 0.15) is 5.56 Å². The second kappa shape index (κ2) is 5.85. The molecule has 0 aliphatic heterocycles. The lowest BCUT2D eigenvalue weighted by atomic mass is 10.2. The van der Waals surface area contributed by atoms with Gasteiger partial charge in [0.1, 0.15) is 0 Å². The van der Waals surface area contributed by atoms with Gasteiger partial charge in [-0.05, 0) is 36.8 Å². The van der Waals surface area contributed by atoms with Crippen molar-refractivity contribution in [3.8, 4) is 0 Å². The zero-order valence-electron chi connectivity index (χ0n) is 10.4. The highest BCUT2D eigenvalue weighted by Crippen LogP contribution is 2.19. The highest BCUT2D eigenvalue weighted by Gasteiger charge is 2.14. The molecule has 1 heterocycles. The maximum absolute atomic E-state index is 12.1. The molecule has 1 aromatic carbocycles. The Bertz CT molecular complexity index is 654. The molecule has 0 spiro atoms. The van der Waals surface area contributed by atoms with Crippen LogP contribution in [0.15, 0.2) is 46.0 Å². The molecule has 0 aliphatic carbocycles. The zero-order chi connectivity index (χ0) is 13.9. The highest BCUT2D eigenvalue weighted by atomic mass is 79.9. The molecule has 19 heavy (non-hydrogen) atoms. The van der Waals surface area contributed by atoms with Crippen molar-refractivity contribution in [2.24, 2.45) is 0 Å². The van der Waals surface area contributed by atoms with Gasteiger partial charge in [-0.25, -0.2) is 13.1 Å². The van der Waals surface area contributed by atoms with Gasteiger partial charge in [-0.15, -0.1) is 0 Å². The molecule has 0 aliphatic rings. The monoisotopic (exact) mass is 343 g/mol. The summed E-state index contributed by atoms with van der Waals surface area (Å²) < 4.78 is 29.3. The van der Waals surface area contributed by atoms with Crippen LogP contribution >= 0.6 is 15.9 Å². The van der Waals surface area contributed by atoms with Crippen LogP contribution in [0.25, 0.3) is 0 Å². The third kappa shape index (κ3) is 3.65. The molecule has 0 bridgehead atoms. The lowest BCUT2D eigenvalue weighted by molar-refractivity contribution is 0.561. The molecule has 0 amide bonds. The molecule has 1 N–H and O–H groups in total. The standard InChI is InChI=1S/C12H14BrN3O2S/c1-10-9-11(3-4-12(10)13)19(17,18)15-6-8-16-7-2-5-14-16/h2-5,7,9,15H,6,8H2,1H3. The smallest absolute Gasteiger partial charge is 0.240 e. The molecular weight excluding hydrogens is 330 g/mol. The molecule has 1 aromatic heterocycles. The summed E-state index contributed by atoms with van der Waals surface area (Å²) in [6, 6.07) is 6.75. The van der Waals surface area contributed by atoms with Gasteiger partial charge in [0.15, 0.2) is 0 Å². The van der Waals surface area contributed by atoms with Crippen LogP contribution in [-0.4, -0.2) is 24.7 Å². The van der Waals surface area contributed by atoms with E-state index < -0.39 is 10.0 Å². The van der Waals surface area contributed by atoms with Gasteiger partial charge in [0.25, 0.3) is 0 Å². The maximum atomic E-state index is 12.1. The van der Waals surface area contributed by atoms with Gasteiger partial charge >= 0.3 is 0 Å². The van der Waals surface area contributed by atoms with E-state index in [0.717, 1.165) is 10.0 Å². The fourth-order valence-electron chi connectivity index (χ4n) is 1.59. The third-order valence-corrected chi connectivity index (χ3v) is 4.98. The van der Waals surface area contributed by atoms with Crippen LogP contribution in [0.5, 0.6) is 0 Å². The predicted octanol–water partition coefficient (Wildman–Crippen LogP) is 1.93. The number of nitrogens with one attached hydrogen (secondary N) is 1. The average molecular weight is 344 g/mol. The normalized spacial score (nSPS) is 11.7. The van der Waals surface area contributed by atoms with E-state index >= 15 is 0 Å². The van der Waals surface area contributed by atoms with Crippen LogP contribution in [0.4, 0.5) is 0 Å². The van der Waals surface area contributed by atoms with Gasteiger partial charge < -0.3 is 0 Å². The van der Waals surface area contributed by atoms with Crippen LogP contribution < -0.4 is 4.72 Å². The summed E-state index contributed by atoms with van der Waals surface area (Å²) in [5, 5.41) is 4.01. The number of benzene rings is 1. The summed E-state index contributed by atoms with van der Waals surface area (Å²) in [5.41, 5.74) is 0.884. The number of hydrogen-bond acceptors (Lipinski definition) is 3. The summed E-state index contributed by atoms with van der Waals surface area (Å²) in [5.74, 6) is 0. The first kappa shape index (κ1) is 14.2. The Kier molecular flexibility index (Phi) is 4.38. The Labute approximate surface area is 120 Å². The number of nitrogens with zero attached hydrogens (tertiary/aromatic N) is 2. The Balaban J connectivity index is 2.03. The van der Waals surface area contributed by atoms with E-state index in [1.165, 1.54) is 0 Å². The predicted molar refractivity (Wildman–Crippen MR) is 76.3 cm³/mol. The van der Waals surface area contributed by atoms with Crippen molar-refractivity contribution in [3.05, 3.63) is 46.7 Å². The lowest BCUT2D eigenvalue weighted by Gasteiger charge is -2.08. The fraction of sp³-hybridized carbons (Fsp3) is 0.250. The summed E-state index contributed by atoms with van der Waals surface area (Å²) in [6.45, 7) is 2.66. The number of aromatic nitrogens is 2. The first-order valence-corrected chi connectivity index (χ1v) is 8.00. The van der Waals surface area contributed by atoms with E-state index in [4.69, 9.17) is 0 Å². The number of halogens is 1. The maximum Gasteiger partial charge on any atom is 0.240 e. The molecule has 5 nitrogen and oxygen atoms in total. The highest BCUT2D eigenvalue weighted by molar-refractivity contribution is 9.10. The lowest BCUT2D eigenvalue weighted by Crippen LogP contribution is -2.27. The van der Waals surface area contributed by atoms with E-state index in [0.29, 0.717) is 13.1 Å². The molecule has 2 rings (SSSR count). The number of sulfonamides is 1. The molecule has 0 fully saturated rings. The van der Waals surface area contributed by atoms with Crippen molar-refractivity contribution in [1.29, 1.82) is 0 Å². The molecule has 0 atom stereocenters. The van der Waals surface area contributed by atoms with Crippen molar-refractivity contribution in [3.63, 3.8) is 0 Å². The summed E-state index contributed by atoms with van der Waals surface area (Å²) in [4.78, 5) is 0.272. The Hall–Kier alpha value is -1.18. The number of hydrogen-bond donors (Lipinski definition) is 1. The summed E-state index contributed by atoms with van der Waals surface area (Å²) >= 11 is 3.35. The van der Waals surface area contributed by atoms with Crippen LogP contribution in [0.2, 0.25) is 0 Å². The van der Waals surface area contributed by atoms with E-state index in [1.807, 2.05) is 6.92 Å². The van der Waals surface area contributed by atoms with Crippen LogP contribution in [0, 0.1) is 6.92 Å². The van der Waals surface area contributed by atoms with Gasteiger partial charge in [-0.1, -0.05) is 15.9 Å². The third-order valence-electron chi connectivity index (χ3n) is 2.63. The van der Waals surface area contributed by atoms with Crippen LogP contribution in [0.3, 0.4) is 0 Å². The molecule has 0 radical (unpaired) electrons. The van der Waals surface area contributed by atoms with Gasteiger partial charge in [0.05, 0.1) is 11.4 Å².